The average molecular weight is 345 g/mol. The van der Waals surface area contributed by atoms with E-state index in [4.69, 9.17) is 4.99 Å². The molecule has 0 saturated heterocycles. The van der Waals surface area contributed by atoms with Gasteiger partial charge in [-0.15, -0.1) is 0 Å². The SMILES string of the molecule is Cc1cccc(N=Cc2cc(C)n(-c3ccc(N(C)C)cc3)c2C)c1C. The third-order valence-corrected chi connectivity index (χ3v) is 5.01. The largest absolute Gasteiger partial charge is 0.378 e. The van der Waals surface area contributed by atoms with Gasteiger partial charge in [0.2, 0.25) is 0 Å². The summed E-state index contributed by atoms with van der Waals surface area (Å²) in [5.41, 5.74) is 9.48. The lowest BCUT2D eigenvalue weighted by molar-refractivity contribution is 0.963. The van der Waals surface area contributed by atoms with Crippen LogP contribution in [0.25, 0.3) is 5.69 Å². The molecule has 1 aromatic heterocycles. The summed E-state index contributed by atoms with van der Waals surface area (Å²) in [6, 6.07) is 17.1. The Morgan fingerprint density at radius 3 is 2.27 bits per heavy atom. The molecule has 3 rings (SSSR count). The second-order valence-electron chi connectivity index (χ2n) is 7.05. The van der Waals surface area contributed by atoms with Crippen LogP contribution in [0.2, 0.25) is 0 Å². The van der Waals surface area contributed by atoms with E-state index in [2.05, 4.69) is 99.8 Å². The quantitative estimate of drug-likeness (QED) is 0.570. The monoisotopic (exact) mass is 345 g/mol. The highest BCUT2D eigenvalue weighted by atomic mass is 15.1. The molecule has 0 radical (unpaired) electrons. The van der Waals surface area contributed by atoms with E-state index in [0.29, 0.717) is 0 Å². The molecule has 2 aromatic carbocycles. The van der Waals surface area contributed by atoms with Gasteiger partial charge in [-0.3, -0.25) is 4.99 Å². The second-order valence-corrected chi connectivity index (χ2v) is 7.05. The molecule has 0 spiro atoms. The van der Waals surface area contributed by atoms with Gasteiger partial charge in [0.05, 0.1) is 5.69 Å². The van der Waals surface area contributed by atoms with Gasteiger partial charge in [0, 0.05) is 48.6 Å². The van der Waals surface area contributed by atoms with Crippen molar-refractivity contribution in [3.8, 4) is 5.69 Å². The molecule has 134 valence electrons. The van der Waals surface area contributed by atoms with E-state index >= 15 is 0 Å². The minimum absolute atomic E-state index is 1.03. The smallest absolute Gasteiger partial charge is 0.0661 e. The van der Waals surface area contributed by atoms with Crippen molar-refractivity contribution in [2.75, 3.05) is 19.0 Å². The van der Waals surface area contributed by atoms with Gasteiger partial charge in [-0.05, 0) is 75.2 Å². The van der Waals surface area contributed by atoms with E-state index in [0.717, 1.165) is 11.3 Å². The van der Waals surface area contributed by atoms with Crippen LogP contribution in [0.1, 0.15) is 28.1 Å². The van der Waals surface area contributed by atoms with Gasteiger partial charge in [0.1, 0.15) is 0 Å². The Morgan fingerprint density at radius 2 is 1.62 bits per heavy atom. The Labute approximate surface area is 156 Å². The maximum absolute atomic E-state index is 4.74. The maximum atomic E-state index is 4.74. The van der Waals surface area contributed by atoms with E-state index in [1.807, 2.05) is 6.21 Å². The highest BCUT2D eigenvalue weighted by molar-refractivity contribution is 5.84. The summed E-state index contributed by atoms with van der Waals surface area (Å²) in [6.45, 7) is 8.54. The topological polar surface area (TPSA) is 20.5 Å². The highest BCUT2D eigenvalue weighted by Crippen LogP contribution is 2.24. The molecule has 0 aliphatic heterocycles. The normalized spacial score (nSPS) is 11.3. The van der Waals surface area contributed by atoms with E-state index < -0.39 is 0 Å². The molecule has 0 aliphatic rings. The average Bonchev–Trinajstić information content (AvgIpc) is 2.90. The van der Waals surface area contributed by atoms with E-state index in [-0.39, 0.29) is 0 Å². The first-order chi connectivity index (χ1) is 12.4. The number of aliphatic imine (C=N–C) groups is 1. The summed E-state index contributed by atoms with van der Waals surface area (Å²) in [4.78, 5) is 6.85. The van der Waals surface area contributed by atoms with E-state index in [9.17, 15) is 0 Å². The number of anilines is 1. The zero-order valence-corrected chi connectivity index (χ0v) is 16.5. The Balaban J connectivity index is 1.95. The fraction of sp³-hybridized carbons (Fsp3) is 0.261. The summed E-state index contributed by atoms with van der Waals surface area (Å²) in [5, 5.41) is 0. The van der Waals surface area contributed by atoms with Crippen molar-refractivity contribution < 1.29 is 0 Å². The van der Waals surface area contributed by atoms with Crippen LogP contribution < -0.4 is 4.90 Å². The lowest BCUT2D eigenvalue weighted by Gasteiger charge is -2.14. The maximum Gasteiger partial charge on any atom is 0.0661 e. The Morgan fingerprint density at radius 1 is 0.923 bits per heavy atom. The molecule has 0 atom stereocenters. The number of hydrogen-bond acceptors (Lipinski definition) is 2. The molecule has 1 heterocycles. The van der Waals surface area contributed by atoms with Gasteiger partial charge < -0.3 is 9.47 Å². The number of nitrogens with zero attached hydrogens (tertiary/aromatic N) is 3. The first-order valence-electron chi connectivity index (χ1n) is 8.95. The minimum atomic E-state index is 1.03. The summed E-state index contributed by atoms with van der Waals surface area (Å²) in [5.74, 6) is 0. The molecule has 0 saturated carbocycles. The van der Waals surface area contributed by atoms with Crippen molar-refractivity contribution >= 4 is 17.6 Å². The van der Waals surface area contributed by atoms with E-state index in [1.165, 1.54) is 33.9 Å². The summed E-state index contributed by atoms with van der Waals surface area (Å²) in [7, 11) is 4.12. The van der Waals surface area contributed by atoms with Crippen LogP contribution in [0, 0.1) is 27.7 Å². The van der Waals surface area contributed by atoms with Crippen molar-refractivity contribution in [2.45, 2.75) is 27.7 Å². The summed E-state index contributed by atoms with van der Waals surface area (Å²) >= 11 is 0. The van der Waals surface area contributed by atoms with Crippen LogP contribution in [0.15, 0.2) is 53.5 Å². The number of aryl methyl sites for hydroxylation is 2. The number of hydrogen-bond donors (Lipinski definition) is 0. The van der Waals surface area contributed by atoms with Gasteiger partial charge in [0.15, 0.2) is 0 Å². The molecule has 3 heteroatoms. The molecule has 3 nitrogen and oxygen atoms in total. The fourth-order valence-electron chi connectivity index (χ4n) is 3.23. The van der Waals surface area contributed by atoms with Crippen LogP contribution in [0.5, 0.6) is 0 Å². The van der Waals surface area contributed by atoms with Crippen molar-refractivity contribution in [3.05, 3.63) is 76.6 Å². The molecule has 0 aliphatic carbocycles. The Hall–Kier alpha value is -2.81. The summed E-state index contributed by atoms with van der Waals surface area (Å²) in [6.07, 6.45) is 1.98. The zero-order chi connectivity index (χ0) is 18.8. The molecule has 0 N–H and O–H groups in total. The standard InChI is InChI=1S/C23H27N3/c1-16-8-7-9-23(18(16)3)24-15-20-14-17(2)26(19(20)4)22-12-10-21(11-13-22)25(5)6/h7-15H,1-6H3. The molecule has 26 heavy (non-hydrogen) atoms. The summed E-state index contributed by atoms with van der Waals surface area (Å²) < 4.78 is 2.28. The van der Waals surface area contributed by atoms with Crippen LogP contribution in [-0.4, -0.2) is 24.9 Å². The van der Waals surface area contributed by atoms with Crippen molar-refractivity contribution in [1.29, 1.82) is 0 Å². The molecular formula is C23H27N3. The fourth-order valence-corrected chi connectivity index (χ4v) is 3.23. The number of rotatable bonds is 4. The molecule has 3 aromatic rings. The van der Waals surface area contributed by atoms with Gasteiger partial charge in [0.25, 0.3) is 0 Å². The first kappa shape index (κ1) is 18.0. The second kappa shape index (κ2) is 7.20. The van der Waals surface area contributed by atoms with Crippen LogP contribution in [0.3, 0.4) is 0 Å². The number of aromatic nitrogens is 1. The minimum Gasteiger partial charge on any atom is -0.378 e. The van der Waals surface area contributed by atoms with Crippen LogP contribution >= 0.6 is 0 Å². The lowest BCUT2D eigenvalue weighted by Crippen LogP contribution is -2.08. The molecule has 0 unspecified atom stereocenters. The lowest BCUT2D eigenvalue weighted by atomic mass is 10.1. The Kier molecular flexibility index (Phi) is 4.99. The van der Waals surface area contributed by atoms with Crippen molar-refractivity contribution in [3.63, 3.8) is 0 Å². The third-order valence-electron chi connectivity index (χ3n) is 5.01. The predicted molar refractivity (Wildman–Crippen MR) is 113 cm³/mol. The molecule has 0 fully saturated rings. The predicted octanol–water partition coefficient (Wildman–Crippen LogP) is 5.53. The van der Waals surface area contributed by atoms with Crippen molar-refractivity contribution in [1.82, 2.24) is 4.57 Å². The van der Waals surface area contributed by atoms with Gasteiger partial charge in [-0.25, -0.2) is 0 Å². The molecule has 0 bridgehead atoms. The molecule has 0 amide bonds. The Bertz CT molecular complexity index is 944. The molecular weight excluding hydrogens is 318 g/mol. The van der Waals surface area contributed by atoms with Gasteiger partial charge in [-0.2, -0.15) is 0 Å². The van der Waals surface area contributed by atoms with Crippen LogP contribution in [-0.2, 0) is 0 Å². The third kappa shape index (κ3) is 3.43. The van der Waals surface area contributed by atoms with Gasteiger partial charge >= 0.3 is 0 Å². The first-order valence-corrected chi connectivity index (χ1v) is 8.95. The van der Waals surface area contributed by atoms with Gasteiger partial charge in [-0.1, -0.05) is 12.1 Å². The van der Waals surface area contributed by atoms with Crippen molar-refractivity contribution in [2.24, 2.45) is 4.99 Å². The number of benzene rings is 2. The zero-order valence-electron chi connectivity index (χ0n) is 16.5. The van der Waals surface area contributed by atoms with Crippen LogP contribution in [0.4, 0.5) is 11.4 Å². The highest BCUT2D eigenvalue weighted by Gasteiger charge is 2.10. The van der Waals surface area contributed by atoms with E-state index in [1.54, 1.807) is 0 Å².